The zero-order valence-corrected chi connectivity index (χ0v) is 22.1. The van der Waals surface area contributed by atoms with E-state index in [9.17, 15) is 32.9 Å². The Bertz CT molecular complexity index is 1220. The van der Waals surface area contributed by atoms with E-state index in [0.29, 0.717) is 0 Å². The highest BCUT2D eigenvalue weighted by molar-refractivity contribution is 7.91. The first kappa shape index (κ1) is 30.2. The number of carbonyl (C=O) groups excluding carboxylic acids is 3. The SMILES string of the molecule is COC(=O)[C@H](Cc1ccccc1)NC(=O)[C@H](CC(C)C)NC(=O)OCCS(=O)(=O)c1ccc([N+](=O)[O-])cc1. The second kappa shape index (κ2) is 14.1. The zero-order valence-electron chi connectivity index (χ0n) is 21.3. The second-order valence-electron chi connectivity index (χ2n) is 8.81. The number of ether oxygens (including phenoxy) is 2. The van der Waals surface area contributed by atoms with E-state index < -0.39 is 57.2 Å². The lowest BCUT2D eigenvalue weighted by molar-refractivity contribution is -0.384. The number of rotatable bonds is 13. The minimum Gasteiger partial charge on any atom is -0.467 e. The molecule has 13 heteroatoms. The van der Waals surface area contributed by atoms with E-state index in [-0.39, 0.29) is 29.3 Å². The molecule has 0 spiro atoms. The maximum atomic E-state index is 13.0. The molecule has 2 aromatic rings. The Labute approximate surface area is 220 Å². The molecule has 0 unspecified atom stereocenters. The van der Waals surface area contributed by atoms with E-state index in [4.69, 9.17) is 9.47 Å². The maximum Gasteiger partial charge on any atom is 0.407 e. The minimum absolute atomic E-state index is 0.0146. The molecule has 38 heavy (non-hydrogen) atoms. The van der Waals surface area contributed by atoms with Crippen LogP contribution in [0.2, 0.25) is 0 Å². The normalized spacial score (nSPS) is 12.7. The Kier molecular flexibility index (Phi) is 11.2. The smallest absolute Gasteiger partial charge is 0.407 e. The fourth-order valence-corrected chi connectivity index (χ4v) is 4.57. The molecule has 2 rings (SSSR count). The quantitative estimate of drug-likeness (QED) is 0.216. The van der Waals surface area contributed by atoms with Crippen LogP contribution in [0.1, 0.15) is 25.8 Å². The van der Waals surface area contributed by atoms with Crippen LogP contribution in [0.5, 0.6) is 0 Å². The van der Waals surface area contributed by atoms with Gasteiger partial charge in [-0.05, 0) is 30.0 Å². The molecule has 0 aliphatic heterocycles. The highest BCUT2D eigenvalue weighted by Crippen LogP contribution is 2.17. The maximum absolute atomic E-state index is 13.0. The Hall–Kier alpha value is -4.00. The molecular formula is C25H31N3O9S. The summed E-state index contributed by atoms with van der Waals surface area (Å²) in [4.78, 5) is 47.6. The lowest BCUT2D eigenvalue weighted by atomic mass is 10.0. The summed E-state index contributed by atoms with van der Waals surface area (Å²) in [7, 11) is -2.67. The Morgan fingerprint density at radius 2 is 1.61 bits per heavy atom. The van der Waals surface area contributed by atoms with Gasteiger partial charge < -0.3 is 20.1 Å². The van der Waals surface area contributed by atoms with Crippen molar-refractivity contribution in [2.75, 3.05) is 19.5 Å². The van der Waals surface area contributed by atoms with Crippen LogP contribution in [0, 0.1) is 16.0 Å². The van der Waals surface area contributed by atoms with Gasteiger partial charge in [0, 0.05) is 18.6 Å². The summed E-state index contributed by atoms with van der Waals surface area (Å²) in [5.41, 5.74) is 0.539. The van der Waals surface area contributed by atoms with E-state index >= 15 is 0 Å². The van der Waals surface area contributed by atoms with Gasteiger partial charge in [-0.1, -0.05) is 44.2 Å². The van der Waals surface area contributed by atoms with Gasteiger partial charge in [-0.15, -0.1) is 0 Å². The molecule has 0 aromatic heterocycles. The fraction of sp³-hybridized carbons (Fsp3) is 0.400. The van der Waals surface area contributed by atoms with Gasteiger partial charge in [0.25, 0.3) is 5.69 Å². The standard InChI is InChI=1S/C25H31N3O9S/c1-17(2)15-21(23(29)26-22(24(30)36-3)16-18-7-5-4-6-8-18)27-25(31)37-13-14-38(34,35)20-11-9-19(10-12-20)28(32)33/h4-12,17,21-22H,13-16H2,1-3H3,(H,26,29)(H,27,31)/t21-,22-/m0/s1. The molecule has 0 aliphatic carbocycles. The van der Waals surface area contributed by atoms with Crippen molar-refractivity contribution < 1.29 is 37.2 Å². The Balaban J connectivity index is 1.99. The monoisotopic (exact) mass is 549 g/mol. The first-order chi connectivity index (χ1) is 17.9. The largest absolute Gasteiger partial charge is 0.467 e. The third-order valence-corrected chi connectivity index (χ3v) is 7.09. The Morgan fingerprint density at radius 1 is 0.974 bits per heavy atom. The van der Waals surface area contributed by atoms with Gasteiger partial charge in [0.1, 0.15) is 18.7 Å². The van der Waals surface area contributed by atoms with E-state index in [1.54, 1.807) is 24.3 Å². The van der Waals surface area contributed by atoms with E-state index in [0.717, 1.165) is 29.8 Å². The summed E-state index contributed by atoms with van der Waals surface area (Å²) in [5, 5.41) is 15.8. The molecule has 2 aromatic carbocycles. The summed E-state index contributed by atoms with van der Waals surface area (Å²) < 4.78 is 34.7. The van der Waals surface area contributed by atoms with Gasteiger partial charge in [-0.25, -0.2) is 18.0 Å². The molecule has 0 aliphatic rings. The number of esters is 1. The number of nitrogens with one attached hydrogen (secondary N) is 2. The number of nitro benzene ring substituents is 1. The van der Waals surface area contributed by atoms with Gasteiger partial charge in [-0.2, -0.15) is 0 Å². The molecule has 0 saturated heterocycles. The highest BCUT2D eigenvalue weighted by atomic mass is 32.2. The van der Waals surface area contributed by atoms with Crippen molar-refractivity contribution in [1.29, 1.82) is 0 Å². The third kappa shape index (κ3) is 9.47. The molecule has 0 heterocycles. The van der Waals surface area contributed by atoms with Crippen molar-refractivity contribution in [3.63, 3.8) is 0 Å². The number of alkyl carbamates (subject to hydrolysis) is 1. The number of amides is 2. The molecule has 0 fully saturated rings. The molecule has 12 nitrogen and oxygen atoms in total. The average molecular weight is 550 g/mol. The number of carbonyl (C=O) groups is 3. The fourth-order valence-electron chi connectivity index (χ4n) is 3.48. The number of hydrogen-bond donors (Lipinski definition) is 2. The second-order valence-corrected chi connectivity index (χ2v) is 10.9. The minimum atomic E-state index is -3.88. The molecule has 2 atom stereocenters. The number of methoxy groups -OCH3 is 1. The number of hydrogen-bond acceptors (Lipinski definition) is 9. The van der Waals surface area contributed by atoms with Gasteiger partial charge in [0.05, 0.1) is 22.7 Å². The summed E-state index contributed by atoms with van der Waals surface area (Å²) in [6.45, 7) is 3.16. The molecule has 0 saturated carbocycles. The summed E-state index contributed by atoms with van der Waals surface area (Å²) in [5.74, 6) is -1.86. The summed E-state index contributed by atoms with van der Waals surface area (Å²) >= 11 is 0. The van der Waals surface area contributed by atoms with Crippen molar-refractivity contribution in [2.45, 2.75) is 43.7 Å². The van der Waals surface area contributed by atoms with Gasteiger partial charge >= 0.3 is 12.1 Å². The molecule has 0 bridgehead atoms. The van der Waals surface area contributed by atoms with E-state index in [2.05, 4.69) is 10.6 Å². The number of nitro groups is 1. The van der Waals surface area contributed by atoms with E-state index in [1.165, 1.54) is 7.11 Å². The Morgan fingerprint density at radius 3 is 2.16 bits per heavy atom. The van der Waals surface area contributed by atoms with Crippen molar-refractivity contribution in [3.05, 3.63) is 70.3 Å². The van der Waals surface area contributed by atoms with E-state index in [1.807, 2.05) is 19.9 Å². The van der Waals surface area contributed by atoms with Crippen LogP contribution >= 0.6 is 0 Å². The number of sulfone groups is 1. The highest BCUT2D eigenvalue weighted by Gasteiger charge is 2.28. The van der Waals surface area contributed by atoms with Crippen LogP contribution in [-0.4, -0.2) is 62.9 Å². The predicted molar refractivity (Wildman–Crippen MR) is 137 cm³/mol. The van der Waals surface area contributed by atoms with Crippen molar-refractivity contribution >= 4 is 33.5 Å². The zero-order chi connectivity index (χ0) is 28.3. The van der Waals surface area contributed by atoms with Crippen LogP contribution in [0.15, 0.2) is 59.5 Å². The van der Waals surface area contributed by atoms with Crippen LogP contribution in [0.3, 0.4) is 0 Å². The molecule has 206 valence electrons. The molecule has 2 amide bonds. The van der Waals surface area contributed by atoms with Crippen LogP contribution in [-0.2, 0) is 35.3 Å². The van der Waals surface area contributed by atoms with Crippen LogP contribution in [0.4, 0.5) is 10.5 Å². The average Bonchev–Trinajstić information content (AvgIpc) is 2.87. The predicted octanol–water partition coefficient (Wildman–Crippen LogP) is 2.41. The number of benzene rings is 2. The van der Waals surface area contributed by atoms with Crippen molar-refractivity contribution in [1.82, 2.24) is 10.6 Å². The lowest BCUT2D eigenvalue weighted by Crippen LogP contribution is -2.53. The van der Waals surface area contributed by atoms with Gasteiger partial charge in [-0.3, -0.25) is 14.9 Å². The first-order valence-corrected chi connectivity index (χ1v) is 13.4. The van der Waals surface area contributed by atoms with Crippen molar-refractivity contribution in [3.8, 4) is 0 Å². The van der Waals surface area contributed by atoms with Crippen LogP contribution < -0.4 is 10.6 Å². The lowest BCUT2D eigenvalue weighted by Gasteiger charge is -2.23. The molecule has 0 radical (unpaired) electrons. The number of nitrogens with zero attached hydrogens (tertiary/aromatic N) is 1. The summed E-state index contributed by atoms with van der Waals surface area (Å²) in [6, 6.07) is 11.3. The number of non-ortho nitro benzene ring substituents is 1. The molecule has 2 N–H and O–H groups in total. The van der Waals surface area contributed by atoms with Crippen molar-refractivity contribution in [2.24, 2.45) is 5.92 Å². The summed E-state index contributed by atoms with van der Waals surface area (Å²) in [6.07, 6.45) is -0.609. The first-order valence-electron chi connectivity index (χ1n) is 11.8. The van der Waals surface area contributed by atoms with Gasteiger partial charge in [0.2, 0.25) is 5.91 Å². The van der Waals surface area contributed by atoms with Gasteiger partial charge in [0.15, 0.2) is 9.84 Å². The topological polar surface area (TPSA) is 171 Å². The molecular weight excluding hydrogens is 518 g/mol. The van der Waals surface area contributed by atoms with Crippen LogP contribution in [0.25, 0.3) is 0 Å². The third-order valence-electron chi connectivity index (χ3n) is 5.39.